The number of phenols is 1. The number of nitrogens with one attached hydrogen (secondary N) is 1. The van der Waals surface area contributed by atoms with Gasteiger partial charge in [0.1, 0.15) is 5.75 Å². The maximum absolute atomic E-state index is 12.1. The second-order valence-electron chi connectivity index (χ2n) is 4.10. The average Bonchev–Trinajstić information content (AvgIpc) is 2.32. The van der Waals surface area contributed by atoms with E-state index in [4.69, 9.17) is 11.6 Å². The Balaban J connectivity index is 2.25. The molecular weight excluding hydrogens is 377 g/mol. The molecular formula is C14H11ClINO2. The molecule has 0 aromatic heterocycles. The number of hydrogen-bond acceptors (Lipinski definition) is 2. The van der Waals surface area contributed by atoms with Gasteiger partial charge in [0.2, 0.25) is 0 Å². The normalized spacial score (nSPS) is 10.3. The maximum Gasteiger partial charge on any atom is 0.259 e. The van der Waals surface area contributed by atoms with Crippen LogP contribution in [0.3, 0.4) is 0 Å². The molecule has 0 aliphatic carbocycles. The van der Waals surface area contributed by atoms with E-state index >= 15 is 0 Å². The van der Waals surface area contributed by atoms with Gasteiger partial charge in [0, 0.05) is 3.57 Å². The third-order valence-corrected chi connectivity index (χ3v) is 3.56. The number of carbonyl (C=O) groups is 1. The lowest BCUT2D eigenvalue weighted by Gasteiger charge is -2.09. The molecule has 2 rings (SSSR count). The number of amides is 1. The molecule has 0 saturated heterocycles. The van der Waals surface area contributed by atoms with Crippen molar-refractivity contribution in [3.8, 4) is 5.75 Å². The molecule has 0 spiro atoms. The zero-order valence-electron chi connectivity index (χ0n) is 10.1. The van der Waals surface area contributed by atoms with Crippen LogP contribution in [0.15, 0.2) is 36.4 Å². The Morgan fingerprint density at radius 3 is 2.63 bits per heavy atom. The van der Waals surface area contributed by atoms with E-state index < -0.39 is 0 Å². The summed E-state index contributed by atoms with van der Waals surface area (Å²) in [5.74, 6) is -0.431. The number of rotatable bonds is 2. The summed E-state index contributed by atoms with van der Waals surface area (Å²) >= 11 is 8.18. The highest BCUT2D eigenvalue weighted by atomic mass is 127. The molecule has 2 N–H and O–H groups in total. The van der Waals surface area contributed by atoms with E-state index in [1.54, 1.807) is 30.3 Å². The van der Waals surface area contributed by atoms with Crippen LogP contribution >= 0.6 is 34.2 Å². The molecule has 0 saturated carbocycles. The predicted molar refractivity (Wildman–Crippen MR) is 85.0 cm³/mol. The maximum atomic E-state index is 12.1. The second-order valence-corrected chi connectivity index (χ2v) is 5.75. The first kappa shape index (κ1) is 14.1. The summed E-state index contributed by atoms with van der Waals surface area (Å²) in [5, 5.41) is 12.9. The molecule has 0 fully saturated rings. The molecule has 1 amide bonds. The summed E-state index contributed by atoms with van der Waals surface area (Å²) < 4.78 is 0.985. The van der Waals surface area contributed by atoms with Crippen molar-refractivity contribution < 1.29 is 9.90 Å². The molecule has 0 unspecified atom stereocenters. The second kappa shape index (κ2) is 5.79. The molecule has 98 valence electrons. The van der Waals surface area contributed by atoms with Crippen molar-refractivity contribution >= 4 is 45.8 Å². The molecule has 0 radical (unpaired) electrons. The van der Waals surface area contributed by atoms with Crippen molar-refractivity contribution in [2.75, 3.05) is 5.32 Å². The largest absolute Gasteiger partial charge is 0.507 e. The van der Waals surface area contributed by atoms with Gasteiger partial charge < -0.3 is 10.4 Å². The van der Waals surface area contributed by atoms with E-state index in [0.29, 0.717) is 10.7 Å². The van der Waals surface area contributed by atoms with Crippen LogP contribution in [0.4, 0.5) is 5.69 Å². The van der Waals surface area contributed by atoms with Crippen molar-refractivity contribution in [1.82, 2.24) is 0 Å². The first-order valence-corrected chi connectivity index (χ1v) is 6.99. The van der Waals surface area contributed by atoms with Crippen molar-refractivity contribution in [3.05, 3.63) is 56.1 Å². The standard InChI is InChI=1S/C14H11ClINO2/c1-8-2-4-10(13(18)6-8)14(19)17-12-5-3-9(16)7-11(12)15/h2-7,18H,1H3,(H,17,19). The highest BCUT2D eigenvalue weighted by Gasteiger charge is 2.12. The number of phenolic OH excluding ortho intramolecular Hbond substituents is 1. The molecule has 3 nitrogen and oxygen atoms in total. The molecule has 0 heterocycles. The smallest absolute Gasteiger partial charge is 0.259 e. The lowest BCUT2D eigenvalue weighted by Crippen LogP contribution is -2.12. The van der Waals surface area contributed by atoms with Gasteiger partial charge in [-0.2, -0.15) is 0 Å². The zero-order chi connectivity index (χ0) is 14.0. The van der Waals surface area contributed by atoms with Gasteiger partial charge in [0.05, 0.1) is 16.3 Å². The summed E-state index contributed by atoms with van der Waals surface area (Å²) in [6.07, 6.45) is 0. The summed E-state index contributed by atoms with van der Waals surface area (Å²) in [4.78, 5) is 12.1. The zero-order valence-corrected chi connectivity index (χ0v) is 13.0. The number of anilines is 1. The van der Waals surface area contributed by atoms with E-state index in [-0.39, 0.29) is 17.2 Å². The van der Waals surface area contributed by atoms with Gasteiger partial charge in [-0.3, -0.25) is 4.79 Å². The topological polar surface area (TPSA) is 49.3 Å². The summed E-state index contributed by atoms with van der Waals surface area (Å²) in [6.45, 7) is 1.84. The number of hydrogen-bond donors (Lipinski definition) is 2. The van der Waals surface area contributed by atoms with Gasteiger partial charge >= 0.3 is 0 Å². The van der Waals surface area contributed by atoms with Crippen LogP contribution in [0.25, 0.3) is 0 Å². The Morgan fingerprint density at radius 1 is 1.26 bits per heavy atom. The van der Waals surface area contributed by atoms with Gasteiger partial charge in [-0.1, -0.05) is 17.7 Å². The Labute approximate surface area is 129 Å². The van der Waals surface area contributed by atoms with E-state index in [1.807, 2.05) is 13.0 Å². The fraction of sp³-hybridized carbons (Fsp3) is 0.0714. The summed E-state index contributed by atoms with van der Waals surface area (Å²) in [7, 11) is 0. The third-order valence-electron chi connectivity index (χ3n) is 2.58. The van der Waals surface area contributed by atoms with Crippen LogP contribution in [-0.4, -0.2) is 11.0 Å². The van der Waals surface area contributed by atoms with Gasteiger partial charge in [-0.15, -0.1) is 0 Å². The van der Waals surface area contributed by atoms with Crippen molar-refractivity contribution in [2.45, 2.75) is 6.92 Å². The molecule has 0 aliphatic heterocycles. The Kier molecular flexibility index (Phi) is 4.31. The lowest BCUT2D eigenvalue weighted by atomic mass is 10.1. The SMILES string of the molecule is Cc1ccc(C(=O)Nc2ccc(I)cc2Cl)c(O)c1. The third kappa shape index (κ3) is 3.39. The van der Waals surface area contributed by atoms with Crippen molar-refractivity contribution in [3.63, 3.8) is 0 Å². The first-order chi connectivity index (χ1) is 8.97. The first-order valence-electron chi connectivity index (χ1n) is 5.53. The van der Waals surface area contributed by atoms with E-state index in [9.17, 15) is 9.90 Å². The van der Waals surface area contributed by atoms with Gasteiger partial charge in [0.15, 0.2) is 0 Å². The summed E-state index contributed by atoms with van der Waals surface area (Å²) in [6, 6.07) is 10.2. The van der Waals surface area contributed by atoms with Crippen LogP contribution < -0.4 is 5.32 Å². The van der Waals surface area contributed by atoms with Crippen molar-refractivity contribution in [1.29, 1.82) is 0 Å². The van der Waals surface area contributed by atoms with E-state index in [0.717, 1.165) is 9.13 Å². The molecule has 0 aliphatic rings. The number of carbonyl (C=O) groups excluding carboxylic acids is 1. The minimum atomic E-state index is -0.388. The average molecular weight is 388 g/mol. The van der Waals surface area contributed by atoms with E-state index in [2.05, 4.69) is 27.9 Å². The van der Waals surface area contributed by atoms with E-state index in [1.165, 1.54) is 0 Å². The Morgan fingerprint density at radius 2 is 2.00 bits per heavy atom. The monoisotopic (exact) mass is 387 g/mol. The minimum Gasteiger partial charge on any atom is -0.507 e. The number of benzene rings is 2. The van der Waals surface area contributed by atoms with Crippen LogP contribution in [0.1, 0.15) is 15.9 Å². The fourth-order valence-corrected chi connectivity index (χ4v) is 2.52. The number of aryl methyl sites for hydroxylation is 1. The Bertz CT molecular complexity index is 643. The fourth-order valence-electron chi connectivity index (χ4n) is 1.61. The lowest BCUT2D eigenvalue weighted by molar-refractivity contribution is 0.102. The van der Waals surface area contributed by atoms with Crippen LogP contribution in [0, 0.1) is 10.5 Å². The highest BCUT2D eigenvalue weighted by molar-refractivity contribution is 14.1. The highest BCUT2D eigenvalue weighted by Crippen LogP contribution is 2.26. The van der Waals surface area contributed by atoms with Crippen LogP contribution in [0.2, 0.25) is 5.02 Å². The van der Waals surface area contributed by atoms with Gasteiger partial charge in [-0.25, -0.2) is 0 Å². The van der Waals surface area contributed by atoms with Crippen LogP contribution in [-0.2, 0) is 0 Å². The number of halogens is 2. The van der Waals surface area contributed by atoms with Gasteiger partial charge in [-0.05, 0) is 65.4 Å². The van der Waals surface area contributed by atoms with Crippen LogP contribution in [0.5, 0.6) is 5.75 Å². The molecule has 19 heavy (non-hydrogen) atoms. The molecule has 5 heteroatoms. The molecule has 0 bridgehead atoms. The minimum absolute atomic E-state index is 0.0425. The van der Waals surface area contributed by atoms with Crippen molar-refractivity contribution in [2.24, 2.45) is 0 Å². The Hall–Kier alpha value is -1.27. The predicted octanol–water partition coefficient (Wildman–Crippen LogP) is 4.21. The number of aromatic hydroxyl groups is 1. The quantitative estimate of drug-likeness (QED) is 0.758. The molecule has 0 atom stereocenters. The molecule has 2 aromatic carbocycles. The summed E-state index contributed by atoms with van der Waals surface area (Å²) in [5.41, 5.74) is 1.63. The van der Waals surface area contributed by atoms with Gasteiger partial charge in [0.25, 0.3) is 5.91 Å². The molecule has 2 aromatic rings.